The molecule has 0 bridgehead atoms. The van der Waals surface area contributed by atoms with Crippen LogP contribution in [0.4, 0.5) is 10.1 Å². The molecule has 82 valence electrons. The molecule has 0 fully saturated rings. The molecule has 0 amide bonds. The third-order valence-corrected chi connectivity index (χ3v) is 2.08. The number of nitrogen functional groups attached to an aromatic ring is 1. The summed E-state index contributed by atoms with van der Waals surface area (Å²) in [6.45, 7) is 0. The number of ether oxygens (including phenoxy) is 1. The molecule has 0 saturated heterocycles. The van der Waals surface area contributed by atoms with Crippen LogP contribution in [0.1, 0.15) is 0 Å². The van der Waals surface area contributed by atoms with Gasteiger partial charge in [0.05, 0.1) is 25.2 Å². The van der Waals surface area contributed by atoms with Gasteiger partial charge in [0.15, 0.2) is 17.4 Å². The highest BCUT2D eigenvalue weighted by atomic mass is 19.1. The van der Waals surface area contributed by atoms with Crippen LogP contribution >= 0.6 is 0 Å². The van der Waals surface area contributed by atoms with Crippen molar-refractivity contribution in [1.82, 2.24) is 9.97 Å². The van der Waals surface area contributed by atoms with Gasteiger partial charge in [-0.3, -0.25) is 0 Å². The average Bonchev–Trinajstić information content (AvgIpc) is 2.31. The second-order valence-corrected chi connectivity index (χ2v) is 3.19. The first kappa shape index (κ1) is 10.4. The first-order valence-electron chi connectivity index (χ1n) is 4.62. The van der Waals surface area contributed by atoms with Crippen LogP contribution in [-0.2, 0) is 0 Å². The van der Waals surface area contributed by atoms with Gasteiger partial charge in [0.25, 0.3) is 0 Å². The Morgan fingerprint density at radius 1 is 1.25 bits per heavy atom. The number of benzene rings is 1. The normalized spacial score (nSPS) is 10.1. The molecular weight excluding hydrogens is 209 g/mol. The van der Waals surface area contributed by atoms with Gasteiger partial charge in [-0.05, 0) is 18.2 Å². The van der Waals surface area contributed by atoms with Gasteiger partial charge in [0.2, 0.25) is 0 Å². The number of aromatic nitrogens is 2. The highest BCUT2D eigenvalue weighted by molar-refractivity contribution is 5.58. The van der Waals surface area contributed by atoms with E-state index in [0.717, 1.165) is 0 Å². The topological polar surface area (TPSA) is 61.0 Å². The zero-order chi connectivity index (χ0) is 11.5. The molecule has 1 aromatic heterocycles. The van der Waals surface area contributed by atoms with Crippen molar-refractivity contribution >= 4 is 5.69 Å². The van der Waals surface area contributed by atoms with E-state index in [1.165, 1.54) is 25.6 Å². The number of methoxy groups -OCH3 is 1. The molecule has 2 aromatic rings. The van der Waals surface area contributed by atoms with Crippen LogP contribution in [0, 0.1) is 5.82 Å². The van der Waals surface area contributed by atoms with E-state index in [9.17, 15) is 4.39 Å². The molecule has 16 heavy (non-hydrogen) atoms. The lowest BCUT2D eigenvalue weighted by Crippen LogP contribution is -1.94. The minimum absolute atomic E-state index is 0.165. The first-order chi connectivity index (χ1) is 7.70. The largest absolute Gasteiger partial charge is 0.494 e. The fourth-order valence-electron chi connectivity index (χ4n) is 1.29. The molecule has 0 aliphatic carbocycles. The molecule has 0 aliphatic rings. The summed E-state index contributed by atoms with van der Waals surface area (Å²) in [7, 11) is 1.41. The van der Waals surface area contributed by atoms with Crippen LogP contribution < -0.4 is 10.5 Å². The van der Waals surface area contributed by atoms with E-state index in [1.54, 1.807) is 12.1 Å². The quantitative estimate of drug-likeness (QED) is 0.837. The molecule has 2 rings (SSSR count). The van der Waals surface area contributed by atoms with Gasteiger partial charge in [-0.25, -0.2) is 14.4 Å². The van der Waals surface area contributed by atoms with Gasteiger partial charge >= 0.3 is 0 Å². The molecule has 5 heteroatoms. The summed E-state index contributed by atoms with van der Waals surface area (Å²) in [5.74, 6) is 0.229. The molecular formula is C11H10FN3O. The number of nitrogens with zero attached hydrogens (tertiary/aromatic N) is 2. The lowest BCUT2D eigenvalue weighted by molar-refractivity contribution is 0.387. The van der Waals surface area contributed by atoms with E-state index in [1.807, 2.05) is 0 Å². The van der Waals surface area contributed by atoms with Gasteiger partial charge in [-0.15, -0.1) is 0 Å². The summed E-state index contributed by atoms with van der Waals surface area (Å²) in [6, 6.07) is 4.44. The predicted octanol–water partition coefficient (Wildman–Crippen LogP) is 1.87. The molecule has 0 saturated carbocycles. The Balaban J connectivity index is 2.44. The Bertz CT molecular complexity index is 499. The number of hydrogen-bond donors (Lipinski definition) is 1. The highest BCUT2D eigenvalue weighted by Gasteiger charge is 2.06. The third kappa shape index (κ3) is 1.93. The van der Waals surface area contributed by atoms with Crippen LogP contribution in [0.2, 0.25) is 0 Å². The van der Waals surface area contributed by atoms with Crippen molar-refractivity contribution in [2.24, 2.45) is 0 Å². The molecule has 4 nitrogen and oxygen atoms in total. The Kier molecular flexibility index (Phi) is 2.68. The first-order valence-corrected chi connectivity index (χ1v) is 4.62. The van der Waals surface area contributed by atoms with E-state index in [0.29, 0.717) is 17.1 Å². The summed E-state index contributed by atoms with van der Waals surface area (Å²) in [5, 5.41) is 0. The van der Waals surface area contributed by atoms with Crippen LogP contribution in [0.5, 0.6) is 5.75 Å². The number of nitrogens with two attached hydrogens (primary N) is 1. The molecule has 1 aromatic carbocycles. The molecule has 0 atom stereocenters. The van der Waals surface area contributed by atoms with E-state index in [-0.39, 0.29) is 5.75 Å². The van der Waals surface area contributed by atoms with E-state index >= 15 is 0 Å². The monoisotopic (exact) mass is 219 g/mol. The summed E-state index contributed by atoms with van der Waals surface area (Å²) in [4.78, 5) is 8.08. The van der Waals surface area contributed by atoms with Crippen molar-refractivity contribution in [2.75, 3.05) is 12.8 Å². The van der Waals surface area contributed by atoms with E-state index < -0.39 is 5.82 Å². The van der Waals surface area contributed by atoms with E-state index in [2.05, 4.69) is 9.97 Å². The van der Waals surface area contributed by atoms with Gasteiger partial charge < -0.3 is 10.5 Å². The van der Waals surface area contributed by atoms with Gasteiger partial charge in [0.1, 0.15) is 0 Å². The van der Waals surface area contributed by atoms with Gasteiger partial charge in [-0.2, -0.15) is 0 Å². The molecule has 0 spiro atoms. The van der Waals surface area contributed by atoms with Crippen LogP contribution in [0.15, 0.2) is 30.6 Å². The molecule has 0 unspecified atom stereocenters. The van der Waals surface area contributed by atoms with Crippen LogP contribution in [0.3, 0.4) is 0 Å². The molecule has 0 aliphatic heterocycles. The number of anilines is 1. The summed E-state index contributed by atoms with van der Waals surface area (Å²) < 4.78 is 18.0. The van der Waals surface area contributed by atoms with Crippen molar-refractivity contribution in [1.29, 1.82) is 0 Å². The fourth-order valence-corrected chi connectivity index (χ4v) is 1.29. The lowest BCUT2D eigenvalue weighted by atomic mass is 10.2. The minimum Gasteiger partial charge on any atom is -0.494 e. The summed E-state index contributed by atoms with van der Waals surface area (Å²) >= 11 is 0. The second-order valence-electron chi connectivity index (χ2n) is 3.19. The average molecular weight is 219 g/mol. The maximum absolute atomic E-state index is 13.2. The van der Waals surface area contributed by atoms with Crippen molar-refractivity contribution < 1.29 is 9.13 Å². The lowest BCUT2D eigenvalue weighted by Gasteiger charge is -2.04. The Hall–Kier alpha value is -2.17. The van der Waals surface area contributed by atoms with Crippen molar-refractivity contribution in [2.45, 2.75) is 0 Å². The Labute approximate surface area is 91.9 Å². The van der Waals surface area contributed by atoms with Gasteiger partial charge in [-0.1, -0.05) is 0 Å². The summed E-state index contributed by atoms with van der Waals surface area (Å²) in [5.41, 5.74) is 6.64. The number of halogens is 1. The smallest absolute Gasteiger partial charge is 0.165 e. The zero-order valence-corrected chi connectivity index (χ0v) is 8.64. The summed E-state index contributed by atoms with van der Waals surface area (Å²) in [6.07, 6.45) is 3.00. The van der Waals surface area contributed by atoms with Crippen molar-refractivity contribution in [3.63, 3.8) is 0 Å². The van der Waals surface area contributed by atoms with E-state index in [4.69, 9.17) is 10.5 Å². The standard InChI is InChI=1S/C11H10FN3O/c1-16-10-4-7(2-3-9(10)12)11-14-5-8(13)6-15-11/h2-6H,13H2,1H3. The number of hydrogen-bond acceptors (Lipinski definition) is 4. The van der Waals surface area contributed by atoms with Crippen molar-refractivity contribution in [3.8, 4) is 17.1 Å². The maximum atomic E-state index is 13.2. The van der Waals surface area contributed by atoms with Crippen LogP contribution in [0.25, 0.3) is 11.4 Å². The molecule has 1 heterocycles. The van der Waals surface area contributed by atoms with Crippen molar-refractivity contribution in [3.05, 3.63) is 36.4 Å². The molecule has 2 N–H and O–H groups in total. The van der Waals surface area contributed by atoms with Gasteiger partial charge in [0, 0.05) is 5.56 Å². The zero-order valence-electron chi connectivity index (χ0n) is 8.64. The second kappa shape index (κ2) is 4.14. The van der Waals surface area contributed by atoms with Crippen LogP contribution in [-0.4, -0.2) is 17.1 Å². The predicted molar refractivity (Wildman–Crippen MR) is 58.4 cm³/mol. The number of rotatable bonds is 2. The fraction of sp³-hybridized carbons (Fsp3) is 0.0909. The maximum Gasteiger partial charge on any atom is 0.165 e. The Morgan fingerprint density at radius 2 is 1.94 bits per heavy atom. The molecule has 0 radical (unpaired) electrons. The minimum atomic E-state index is -0.415. The SMILES string of the molecule is COc1cc(-c2ncc(N)cn2)ccc1F. The Morgan fingerprint density at radius 3 is 2.56 bits per heavy atom. The third-order valence-electron chi connectivity index (χ3n) is 2.08. The highest BCUT2D eigenvalue weighted by Crippen LogP contribution is 2.23.